The van der Waals surface area contributed by atoms with Gasteiger partial charge in [0.1, 0.15) is 5.82 Å². The highest BCUT2D eigenvalue weighted by atomic mass is 19.1. The van der Waals surface area contributed by atoms with Gasteiger partial charge in [-0.05, 0) is 60.9 Å². The monoisotopic (exact) mass is 403 g/mol. The van der Waals surface area contributed by atoms with E-state index in [2.05, 4.69) is 16.0 Å². The van der Waals surface area contributed by atoms with Crippen LogP contribution < -0.4 is 16.0 Å². The molecule has 0 unspecified atom stereocenters. The largest absolute Gasteiger partial charge is 0.325 e. The van der Waals surface area contributed by atoms with Gasteiger partial charge in [-0.1, -0.05) is 42.8 Å². The smallest absolute Gasteiger partial charge is 0.323 e. The molecule has 1 aliphatic rings. The van der Waals surface area contributed by atoms with Crippen molar-refractivity contribution in [3.63, 3.8) is 0 Å². The SMILES string of the molecule is O=C(Nc1ccccc1)Nc1cccc(NC(=O)C2(c3ccc(F)cc3)CCC2)c1. The molecule has 30 heavy (non-hydrogen) atoms. The number of benzene rings is 3. The maximum atomic E-state index is 13.3. The topological polar surface area (TPSA) is 70.2 Å². The van der Waals surface area contributed by atoms with Gasteiger partial charge in [0.25, 0.3) is 0 Å². The summed E-state index contributed by atoms with van der Waals surface area (Å²) in [5.41, 5.74) is 2.02. The third-order valence-corrected chi connectivity index (χ3v) is 5.45. The van der Waals surface area contributed by atoms with Gasteiger partial charge in [-0.15, -0.1) is 0 Å². The standard InChI is InChI=1S/C24H22FN3O2/c25-18-12-10-17(11-13-18)24(14-5-15-24)22(29)26-20-8-4-9-21(16-20)28-23(30)27-19-6-2-1-3-7-19/h1-4,6-13,16H,5,14-15H2,(H,26,29)(H2,27,28,30). The summed E-state index contributed by atoms with van der Waals surface area (Å²) in [5, 5.41) is 8.47. The molecule has 0 radical (unpaired) electrons. The van der Waals surface area contributed by atoms with Crippen molar-refractivity contribution in [1.82, 2.24) is 0 Å². The average Bonchev–Trinajstić information content (AvgIpc) is 2.69. The molecule has 6 heteroatoms. The second kappa shape index (κ2) is 8.37. The van der Waals surface area contributed by atoms with Gasteiger partial charge in [-0.2, -0.15) is 0 Å². The quantitative estimate of drug-likeness (QED) is 0.524. The fourth-order valence-electron chi connectivity index (χ4n) is 3.69. The molecule has 0 atom stereocenters. The molecular weight excluding hydrogens is 381 g/mol. The van der Waals surface area contributed by atoms with Crippen molar-refractivity contribution < 1.29 is 14.0 Å². The molecule has 4 rings (SSSR count). The van der Waals surface area contributed by atoms with Crippen LogP contribution in [0, 0.1) is 5.82 Å². The lowest BCUT2D eigenvalue weighted by molar-refractivity contribution is -0.124. The van der Waals surface area contributed by atoms with Gasteiger partial charge in [-0.25, -0.2) is 9.18 Å². The Balaban J connectivity index is 1.44. The maximum absolute atomic E-state index is 13.3. The number of carbonyl (C=O) groups excluding carboxylic acids is 2. The number of carbonyl (C=O) groups is 2. The Morgan fingerprint density at radius 3 is 1.97 bits per heavy atom. The molecule has 1 aliphatic carbocycles. The number of halogens is 1. The van der Waals surface area contributed by atoms with E-state index >= 15 is 0 Å². The lowest BCUT2D eigenvalue weighted by Crippen LogP contribution is -2.46. The Hall–Kier alpha value is -3.67. The molecule has 0 saturated heterocycles. The zero-order valence-corrected chi connectivity index (χ0v) is 16.3. The normalized spacial score (nSPS) is 14.3. The summed E-state index contributed by atoms with van der Waals surface area (Å²) in [6, 6.07) is 21.9. The Labute approximate surface area is 174 Å². The van der Waals surface area contributed by atoms with Gasteiger partial charge in [0.05, 0.1) is 5.41 Å². The van der Waals surface area contributed by atoms with Crippen LogP contribution >= 0.6 is 0 Å². The second-order valence-corrected chi connectivity index (χ2v) is 7.42. The van der Waals surface area contributed by atoms with Crippen LogP contribution in [0.4, 0.5) is 26.2 Å². The summed E-state index contributed by atoms with van der Waals surface area (Å²) in [4.78, 5) is 25.3. The van der Waals surface area contributed by atoms with Crippen molar-refractivity contribution in [2.24, 2.45) is 0 Å². The number of amides is 3. The highest BCUT2D eigenvalue weighted by Crippen LogP contribution is 2.44. The van der Waals surface area contributed by atoms with Crippen molar-refractivity contribution in [3.05, 3.63) is 90.2 Å². The van der Waals surface area contributed by atoms with Crippen LogP contribution in [0.5, 0.6) is 0 Å². The predicted molar refractivity (Wildman–Crippen MR) is 116 cm³/mol. The third-order valence-electron chi connectivity index (χ3n) is 5.45. The first-order valence-corrected chi connectivity index (χ1v) is 9.86. The first kappa shape index (κ1) is 19.6. The van der Waals surface area contributed by atoms with E-state index in [0.29, 0.717) is 17.1 Å². The molecule has 3 amide bonds. The summed E-state index contributed by atoms with van der Waals surface area (Å²) < 4.78 is 13.3. The Bertz CT molecular complexity index is 1050. The van der Waals surface area contributed by atoms with E-state index in [9.17, 15) is 14.0 Å². The highest BCUT2D eigenvalue weighted by molar-refractivity contribution is 6.02. The fourth-order valence-corrected chi connectivity index (χ4v) is 3.69. The first-order chi connectivity index (χ1) is 14.5. The molecule has 1 fully saturated rings. The van der Waals surface area contributed by atoms with E-state index in [-0.39, 0.29) is 17.8 Å². The van der Waals surface area contributed by atoms with E-state index < -0.39 is 5.41 Å². The average molecular weight is 403 g/mol. The van der Waals surface area contributed by atoms with Crippen molar-refractivity contribution in [2.45, 2.75) is 24.7 Å². The van der Waals surface area contributed by atoms with Crippen molar-refractivity contribution in [3.8, 4) is 0 Å². The second-order valence-electron chi connectivity index (χ2n) is 7.42. The van der Waals surface area contributed by atoms with E-state index in [4.69, 9.17) is 0 Å². The number of nitrogens with one attached hydrogen (secondary N) is 3. The number of anilines is 3. The summed E-state index contributed by atoms with van der Waals surface area (Å²) in [7, 11) is 0. The molecule has 152 valence electrons. The maximum Gasteiger partial charge on any atom is 0.323 e. The number of rotatable bonds is 5. The molecule has 3 aromatic carbocycles. The fraction of sp³-hybridized carbons (Fsp3) is 0.167. The minimum atomic E-state index is -0.637. The molecule has 1 saturated carbocycles. The minimum absolute atomic E-state index is 0.119. The van der Waals surface area contributed by atoms with Gasteiger partial charge < -0.3 is 16.0 Å². The summed E-state index contributed by atoms with van der Waals surface area (Å²) >= 11 is 0. The molecule has 0 aromatic heterocycles. The van der Waals surface area contributed by atoms with E-state index in [1.807, 2.05) is 18.2 Å². The molecule has 0 heterocycles. The number of para-hydroxylation sites is 1. The Morgan fingerprint density at radius 1 is 0.733 bits per heavy atom. The third kappa shape index (κ3) is 4.17. The van der Waals surface area contributed by atoms with Gasteiger partial charge in [0.15, 0.2) is 0 Å². The van der Waals surface area contributed by atoms with E-state index in [0.717, 1.165) is 24.8 Å². The Morgan fingerprint density at radius 2 is 1.33 bits per heavy atom. The van der Waals surface area contributed by atoms with E-state index in [1.54, 1.807) is 48.5 Å². The highest BCUT2D eigenvalue weighted by Gasteiger charge is 2.45. The first-order valence-electron chi connectivity index (χ1n) is 9.86. The van der Waals surface area contributed by atoms with Crippen LogP contribution in [0.1, 0.15) is 24.8 Å². The predicted octanol–water partition coefficient (Wildman–Crippen LogP) is 5.53. The summed E-state index contributed by atoms with van der Waals surface area (Å²) in [6.07, 6.45) is 2.40. The molecular formula is C24H22FN3O2. The lowest BCUT2D eigenvalue weighted by atomic mass is 9.64. The van der Waals surface area contributed by atoms with Crippen molar-refractivity contribution in [2.75, 3.05) is 16.0 Å². The molecule has 5 nitrogen and oxygen atoms in total. The van der Waals surface area contributed by atoms with Crippen molar-refractivity contribution in [1.29, 1.82) is 0 Å². The van der Waals surface area contributed by atoms with Crippen LogP contribution in [-0.2, 0) is 10.2 Å². The summed E-state index contributed by atoms with van der Waals surface area (Å²) in [5.74, 6) is -0.438. The van der Waals surface area contributed by atoms with Crippen LogP contribution in [-0.4, -0.2) is 11.9 Å². The lowest BCUT2D eigenvalue weighted by Gasteiger charge is -2.40. The molecule has 0 bridgehead atoms. The summed E-state index contributed by atoms with van der Waals surface area (Å²) in [6.45, 7) is 0. The van der Waals surface area contributed by atoms with Crippen LogP contribution in [0.2, 0.25) is 0 Å². The number of hydrogen-bond donors (Lipinski definition) is 3. The van der Waals surface area contributed by atoms with Crippen LogP contribution in [0.15, 0.2) is 78.9 Å². The van der Waals surface area contributed by atoms with E-state index in [1.165, 1.54) is 12.1 Å². The zero-order chi connectivity index (χ0) is 21.0. The van der Waals surface area contributed by atoms with Gasteiger partial charge in [-0.3, -0.25) is 4.79 Å². The van der Waals surface area contributed by atoms with Gasteiger partial charge in [0, 0.05) is 17.1 Å². The number of urea groups is 1. The van der Waals surface area contributed by atoms with Crippen molar-refractivity contribution >= 4 is 29.0 Å². The number of hydrogen-bond acceptors (Lipinski definition) is 2. The molecule has 0 spiro atoms. The minimum Gasteiger partial charge on any atom is -0.325 e. The van der Waals surface area contributed by atoms with Crippen LogP contribution in [0.3, 0.4) is 0 Å². The molecule has 0 aliphatic heterocycles. The molecule has 3 N–H and O–H groups in total. The molecule has 3 aromatic rings. The zero-order valence-electron chi connectivity index (χ0n) is 16.3. The van der Waals surface area contributed by atoms with Gasteiger partial charge >= 0.3 is 6.03 Å². The van der Waals surface area contributed by atoms with Gasteiger partial charge in [0.2, 0.25) is 5.91 Å². The van der Waals surface area contributed by atoms with Crippen LogP contribution in [0.25, 0.3) is 0 Å². The Kier molecular flexibility index (Phi) is 5.48.